The highest BCUT2D eigenvalue weighted by atomic mass is 16.3. The number of nitrogens with one attached hydrogen (secondary N) is 1. The van der Waals surface area contributed by atoms with Crippen molar-refractivity contribution in [1.29, 1.82) is 0 Å². The monoisotopic (exact) mass is 171 g/mol. The summed E-state index contributed by atoms with van der Waals surface area (Å²) in [6.07, 6.45) is 3.49. The summed E-state index contributed by atoms with van der Waals surface area (Å²) in [5, 5.41) is 11.3. The van der Waals surface area contributed by atoms with Crippen LogP contribution < -0.4 is 5.32 Å². The molecule has 0 aromatic heterocycles. The van der Waals surface area contributed by atoms with Crippen molar-refractivity contribution in [3.63, 3.8) is 0 Å². The maximum atomic E-state index is 11.0. The zero-order chi connectivity index (χ0) is 9.40. The van der Waals surface area contributed by atoms with Gasteiger partial charge in [0.15, 0.2) is 0 Å². The Morgan fingerprint density at radius 1 is 1.75 bits per heavy atom. The van der Waals surface area contributed by atoms with Crippen LogP contribution in [0.3, 0.4) is 0 Å². The zero-order valence-electron chi connectivity index (χ0n) is 7.55. The average Bonchev–Trinajstić information content (AvgIpc) is 2.01. The fraction of sp³-hybridized carbons (Fsp3) is 0.667. The Balaban J connectivity index is 3.46. The Kier molecular flexibility index (Phi) is 6.38. The van der Waals surface area contributed by atoms with Gasteiger partial charge in [-0.3, -0.25) is 4.79 Å². The van der Waals surface area contributed by atoms with E-state index in [-0.39, 0.29) is 18.6 Å². The van der Waals surface area contributed by atoms with Crippen molar-refractivity contribution in [3.05, 3.63) is 12.7 Å². The smallest absolute Gasteiger partial charge is 0.220 e. The van der Waals surface area contributed by atoms with Crippen molar-refractivity contribution in [1.82, 2.24) is 5.32 Å². The Morgan fingerprint density at radius 2 is 2.42 bits per heavy atom. The highest BCUT2D eigenvalue weighted by molar-refractivity contribution is 5.76. The van der Waals surface area contributed by atoms with Gasteiger partial charge in [0.05, 0.1) is 0 Å². The minimum absolute atomic E-state index is 0.00148. The van der Waals surface area contributed by atoms with E-state index in [4.69, 9.17) is 5.11 Å². The summed E-state index contributed by atoms with van der Waals surface area (Å²) in [7, 11) is 0. The van der Waals surface area contributed by atoms with E-state index in [1.807, 2.05) is 6.92 Å². The van der Waals surface area contributed by atoms with Gasteiger partial charge in [-0.1, -0.05) is 6.08 Å². The lowest BCUT2D eigenvalue weighted by Gasteiger charge is -2.10. The third-order valence-electron chi connectivity index (χ3n) is 1.49. The molecule has 70 valence electrons. The van der Waals surface area contributed by atoms with E-state index in [0.29, 0.717) is 12.8 Å². The van der Waals surface area contributed by atoms with Crippen LogP contribution in [0.15, 0.2) is 12.7 Å². The van der Waals surface area contributed by atoms with E-state index >= 15 is 0 Å². The van der Waals surface area contributed by atoms with Gasteiger partial charge in [-0.05, 0) is 19.8 Å². The zero-order valence-corrected chi connectivity index (χ0v) is 7.55. The van der Waals surface area contributed by atoms with Gasteiger partial charge in [-0.15, -0.1) is 6.58 Å². The molecule has 0 aliphatic rings. The first-order valence-electron chi connectivity index (χ1n) is 4.21. The van der Waals surface area contributed by atoms with Crippen molar-refractivity contribution in [3.8, 4) is 0 Å². The fourth-order valence-corrected chi connectivity index (χ4v) is 0.896. The molecule has 0 saturated carbocycles. The van der Waals surface area contributed by atoms with E-state index < -0.39 is 0 Å². The molecular weight excluding hydrogens is 154 g/mol. The van der Waals surface area contributed by atoms with Crippen LogP contribution >= 0.6 is 0 Å². The molecular formula is C9H17NO2. The molecule has 0 aromatic rings. The Bertz CT molecular complexity index is 145. The number of carbonyl (C=O) groups excluding carboxylic acids is 1. The summed E-state index contributed by atoms with van der Waals surface area (Å²) in [4.78, 5) is 11.0. The second-order valence-electron chi connectivity index (χ2n) is 2.82. The summed E-state index contributed by atoms with van der Waals surface area (Å²) < 4.78 is 0. The number of hydrogen-bond donors (Lipinski definition) is 2. The van der Waals surface area contributed by atoms with Crippen LogP contribution in [0.2, 0.25) is 0 Å². The predicted octanol–water partition coefficient (Wildman–Crippen LogP) is 0.840. The summed E-state index contributed by atoms with van der Waals surface area (Å²) in [6, 6.07) is 0.147. The van der Waals surface area contributed by atoms with Gasteiger partial charge >= 0.3 is 0 Å². The average molecular weight is 171 g/mol. The predicted molar refractivity (Wildman–Crippen MR) is 48.7 cm³/mol. The van der Waals surface area contributed by atoms with E-state index in [2.05, 4.69) is 11.9 Å². The first-order chi connectivity index (χ1) is 5.70. The van der Waals surface area contributed by atoms with Crippen LogP contribution in [0, 0.1) is 0 Å². The van der Waals surface area contributed by atoms with Crippen LogP contribution in [0.1, 0.15) is 26.2 Å². The van der Waals surface area contributed by atoms with Crippen LogP contribution in [-0.2, 0) is 4.79 Å². The van der Waals surface area contributed by atoms with Gasteiger partial charge in [0.2, 0.25) is 5.91 Å². The lowest BCUT2D eigenvalue weighted by atomic mass is 10.2. The summed E-state index contributed by atoms with van der Waals surface area (Å²) in [5.41, 5.74) is 0. The van der Waals surface area contributed by atoms with Crippen LogP contribution in [-0.4, -0.2) is 23.7 Å². The molecule has 1 atom stereocenters. The molecule has 3 heteroatoms. The minimum atomic E-state index is -0.00148. The Hall–Kier alpha value is -0.830. The number of aliphatic hydroxyl groups excluding tert-OH is 1. The molecule has 0 saturated heterocycles. The molecule has 0 heterocycles. The quantitative estimate of drug-likeness (QED) is 0.582. The summed E-state index contributed by atoms with van der Waals surface area (Å²) in [6.45, 7) is 5.58. The molecule has 0 bridgehead atoms. The lowest BCUT2D eigenvalue weighted by Crippen LogP contribution is -2.31. The van der Waals surface area contributed by atoms with Crippen molar-refractivity contribution in [2.24, 2.45) is 0 Å². The number of amides is 1. The van der Waals surface area contributed by atoms with E-state index in [1.165, 1.54) is 0 Å². The Labute approximate surface area is 73.5 Å². The van der Waals surface area contributed by atoms with Crippen LogP contribution in [0.4, 0.5) is 0 Å². The number of hydrogen-bond acceptors (Lipinski definition) is 2. The highest BCUT2D eigenvalue weighted by Gasteiger charge is 2.04. The summed E-state index contributed by atoms with van der Waals surface area (Å²) in [5.74, 6) is -0.00148. The van der Waals surface area contributed by atoms with Crippen LogP contribution in [0.25, 0.3) is 0 Å². The first kappa shape index (κ1) is 11.2. The van der Waals surface area contributed by atoms with Crippen molar-refractivity contribution >= 4 is 5.91 Å². The minimum Gasteiger partial charge on any atom is -0.396 e. The molecule has 1 unspecified atom stereocenters. The van der Waals surface area contributed by atoms with Crippen molar-refractivity contribution < 1.29 is 9.90 Å². The highest BCUT2D eigenvalue weighted by Crippen LogP contribution is 1.93. The number of rotatable bonds is 6. The topological polar surface area (TPSA) is 49.3 Å². The molecule has 1 amide bonds. The normalized spacial score (nSPS) is 12.2. The molecule has 0 aliphatic carbocycles. The number of aliphatic hydroxyl groups is 1. The largest absolute Gasteiger partial charge is 0.396 e. The molecule has 3 nitrogen and oxygen atoms in total. The van der Waals surface area contributed by atoms with Gasteiger partial charge in [0, 0.05) is 19.1 Å². The van der Waals surface area contributed by atoms with Gasteiger partial charge in [-0.25, -0.2) is 0 Å². The molecule has 0 radical (unpaired) electrons. The van der Waals surface area contributed by atoms with Gasteiger partial charge in [-0.2, -0.15) is 0 Å². The lowest BCUT2D eigenvalue weighted by molar-refractivity contribution is -0.121. The number of carbonyl (C=O) groups is 1. The molecule has 0 aliphatic heterocycles. The molecule has 0 rings (SSSR count). The van der Waals surface area contributed by atoms with Crippen molar-refractivity contribution in [2.45, 2.75) is 32.2 Å². The SMILES string of the molecule is C=CCC(C)NC(=O)CCCO. The van der Waals surface area contributed by atoms with Gasteiger partial charge in [0.1, 0.15) is 0 Å². The standard InChI is InChI=1S/C9H17NO2/c1-3-5-8(2)10-9(12)6-4-7-11/h3,8,11H,1,4-7H2,2H3,(H,10,12). The van der Waals surface area contributed by atoms with Gasteiger partial charge < -0.3 is 10.4 Å². The molecule has 12 heavy (non-hydrogen) atoms. The second kappa shape index (κ2) is 6.85. The maximum Gasteiger partial charge on any atom is 0.220 e. The van der Waals surface area contributed by atoms with E-state index in [9.17, 15) is 4.79 Å². The fourth-order valence-electron chi connectivity index (χ4n) is 0.896. The summed E-state index contributed by atoms with van der Waals surface area (Å²) >= 11 is 0. The maximum absolute atomic E-state index is 11.0. The van der Waals surface area contributed by atoms with Gasteiger partial charge in [0.25, 0.3) is 0 Å². The third kappa shape index (κ3) is 5.92. The molecule has 0 fully saturated rings. The first-order valence-corrected chi connectivity index (χ1v) is 4.21. The van der Waals surface area contributed by atoms with Crippen LogP contribution in [0.5, 0.6) is 0 Å². The second-order valence-corrected chi connectivity index (χ2v) is 2.82. The third-order valence-corrected chi connectivity index (χ3v) is 1.49. The molecule has 2 N–H and O–H groups in total. The molecule has 0 aromatic carbocycles. The van der Waals surface area contributed by atoms with E-state index in [0.717, 1.165) is 6.42 Å². The Morgan fingerprint density at radius 3 is 2.92 bits per heavy atom. The molecule has 0 spiro atoms. The van der Waals surface area contributed by atoms with E-state index in [1.54, 1.807) is 6.08 Å². The van der Waals surface area contributed by atoms with Crippen molar-refractivity contribution in [2.75, 3.05) is 6.61 Å².